The Hall–Kier alpha value is -3.94. The number of nitro groups is 1. The third kappa shape index (κ3) is 2.90. The van der Waals surface area contributed by atoms with Crippen molar-refractivity contribution in [1.82, 2.24) is 4.98 Å². The van der Waals surface area contributed by atoms with E-state index in [9.17, 15) is 15.2 Å². The first-order chi connectivity index (χ1) is 13.5. The molecule has 0 bridgehead atoms. The van der Waals surface area contributed by atoms with Crippen LogP contribution < -0.4 is 4.74 Å². The molecule has 1 aromatic heterocycles. The Morgan fingerprint density at radius 2 is 2.04 bits per heavy atom. The quantitative estimate of drug-likeness (QED) is 0.525. The molecule has 0 aliphatic carbocycles. The minimum atomic E-state index is -0.552. The lowest BCUT2D eigenvalue weighted by Gasteiger charge is -2.02. The first-order valence-corrected chi connectivity index (χ1v) is 8.37. The lowest BCUT2D eigenvalue weighted by atomic mass is 10.0. The van der Waals surface area contributed by atoms with Gasteiger partial charge < -0.3 is 14.3 Å². The number of aliphatic imine (C=N–C) groups is 1. The smallest absolute Gasteiger partial charge is 0.311 e. The number of methoxy groups -OCH3 is 1. The largest absolute Gasteiger partial charge is 0.490 e. The molecular weight excluding hydrogens is 362 g/mol. The van der Waals surface area contributed by atoms with E-state index in [2.05, 4.69) is 9.98 Å². The van der Waals surface area contributed by atoms with Crippen LogP contribution in [0.25, 0.3) is 23.1 Å². The van der Waals surface area contributed by atoms with Crippen LogP contribution in [0.2, 0.25) is 0 Å². The van der Waals surface area contributed by atoms with E-state index in [1.54, 1.807) is 12.1 Å². The van der Waals surface area contributed by atoms with E-state index in [1.807, 2.05) is 31.2 Å². The molecule has 3 aromatic rings. The molecule has 8 nitrogen and oxygen atoms in total. The van der Waals surface area contributed by atoms with Crippen molar-refractivity contribution in [1.29, 1.82) is 0 Å². The fourth-order valence-electron chi connectivity index (χ4n) is 3.06. The highest BCUT2D eigenvalue weighted by molar-refractivity contribution is 6.31. The zero-order chi connectivity index (χ0) is 19.8. The number of aromatic nitrogens is 1. The van der Waals surface area contributed by atoms with Crippen molar-refractivity contribution >= 4 is 28.7 Å². The van der Waals surface area contributed by atoms with Crippen LogP contribution in [0, 0.1) is 10.1 Å². The molecule has 0 atom stereocenters. The molecule has 1 aliphatic heterocycles. The van der Waals surface area contributed by atoms with Gasteiger partial charge in [0.25, 0.3) is 0 Å². The Morgan fingerprint density at radius 3 is 2.79 bits per heavy atom. The summed E-state index contributed by atoms with van der Waals surface area (Å²) in [6, 6.07) is 12.0. The summed E-state index contributed by atoms with van der Waals surface area (Å²) in [5.41, 5.74) is 3.76. The first kappa shape index (κ1) is 17.5. The summed E-state index contributed by atoms with van der Waals surface area (Å²) >= 11 is 0. The average molecular weight is 377 g/mol. The van der Waals surface area contributed by atoms with Gasteiger partial charge >= 0.3 is 11.6 Å². The number of allylic oxidation sites excluding steroid dienone is 1. The molecule has 1 N–H and O–H groups in total. The number of nitrogens with zero attached hydrogens (tertiary/aromatic N) is 3. The Bertz CT molecular complexity index is 1160. The van der Waals surface area contributed by atoms with Crippen LogP contribution in [-0.4, -0.2) is 27.8 Å². The molecule has 140 valence electrons. The summed E-state index contributed by atoms with van der Waals surface area (Å²) in [6.45, 7) is 1.87. The number of rotatable bonds is 4. The van der Waals surface area contributed by atoms with Crippen molar-refractivity contribution in [2.75, 3.05) is 7.11 Å². The Morgan fingerprint density at radius 1 is 1.25 bits per heavy atom. The van der Waals surface area contributed by atoms with Crippen molar-refractivity contribution in [2.45, 2.75) is 6.92 Å². The van der Waals surface area contributed by atoms with Gasteiger partial charge in [-0.05, 0) is 31.2 Å². The molecule has 1 aliphatic rings. The predicted molar refractivity (Wildman–Crippen MR) is 104 cm³/mol. The highest BCUT2D eigenvalue weighted by Gasteiger charge is 2.22. The van der Waals surface area contributed by atoms with Crippen molar-refractivity contribution in [3.63, 3.8) is 0 Å². The van der Waals surface area contributed by atoms with Crippen molar-refractivity contribution in [2.24, 2.45) is 4.99 Å². The summed E-state index contributed by atoms with van der Waals surface area (Å²) in [7, 11) is 1.35. The highest BCUT2D eigenvalue weighted by atomic mass is 16.6. The molecule has 0 amide bonds. The maximum atomic E-state index is 11.2. The van der Waals surface area contributed by atoms with Crippen LogP contribution in [-0.2, 0) is 0 Å². The van der Waals surface area contributed by atoms with Gasteiger partial charge in [0.05, 0.1) is 17.7 Å². The normalized spacial score (nSPS) is 14.1. The van der Waals surface area contributed by atoms with E-state index in [0.717, 1.165) is 22.5 Å². The molecule has 28 heavy (non-hydrogen) atoms. The minimum Gasteiger partial charge on any atom is -0.490 e. The van der Waals surface area contributed by atoms with Gasteiger partial charge in [-0.25, -0.2) is 4.98 Å². The van der Waals surface area contributed by atoms with Gasteiger partial charge in [-0.15, -0.1) is 0 Å². The van der Waals surface area contributed by atoms with Crippen molar-refractivity contribution < 1.29 is 19.2 Å². The second kappa shape index (κ2) is 6.66. The van der Waals surface area contributed by atoms with Gasteiger partial charge in [0.1, 0.15) is 5.69 Å². The Kier molecular flexibility index (Phi) is 4.15. The van der Waals surface area contributed by atoms with E-state index < -0.39 is 4.92 Å². The molecule has 8 heteroatoms. The molecule has 2 heterocycles. The number of oxazole rings is 1. The topological polar surface area (TPSA) is 111 Å². The van der Waals surface area contributed by atoms with E-state index in [4.69, 9.17) is 9.15 Å². The number of ether oxygens (including phenoxy) is 1. The van der Waals surface area contributed by atoms with Crippen molar-refractivity contribution in [3.05, 3.63) is 63.8 Å². The second-order valence-electron chi connectivity index (χ2n) is 6.13. The fourth-order valence-corrected chi connectivity index (χ4v) is 3.06. The number of hydrogen-bond donors (Lipinski definition) is 1. The number of para-hydroxylation sites is 1. The SMILES string of the molecule is COc1ccc(-c2nc(/C=C3\C(C)=Nc4ccccc43)c(O)o2)cc1[N+](=O)[O-]. The van der Waals surface area contributed by atoms with E-state index >= 15 is 0 Å². The standard InChI is InChI=1S/C20H15N3O5/c1-11-14(13-5-3-4-6-15(13)21-11)10-16-20(24)28-19(22-16)12-7-8-18(27-2)17(9-12)23(25)26/h3-10,24H,1-2H3/b14-10+. The average Bonchev–Trinajstić information content (AvgIpc) is 3.21. The lowest BCUT2D eigenvalue weighted by molar-refractivity contribution is -0.385. The number of benzene rings is 2. The molecule has 0 saturated carbocycles. The predicted octanol–water partition coefficient (Wildman–Crippen LogP) is 4.61. The Balaban J connectivity index is 1.76. The van der Waals surface area contributed by atoms with Crippen LogP contribution in [0.1, 0.15) is 18.2 Å². The minimum absolute atomic E-state index is 0.0657. The molecular formula is C20H15N3O5. The third-order valence-corrected chi connectivity index (χ3v) is 4.41. The first-order valence-electron chi connectivity index (χ1n) is 8.37. The lowest BCUT2D eigenvalue weighted by Crippen LogP contribution is -1.94. The van der Waals surface area contributed by atoms with Gasteiger partial charge in [0, 0.05) is 28.5 Å². The molecule has 0 fully saturated rings. The molecule has 0 unspecified atom stereocenters. The summed E-state index contributed by atoms with van der Waals surface area (Å²) in [6.07, 6.45) is 1.69. The summed E-state index contributed by atoms with van der Waals surface area (Å²) in [4.78, 5) is 19.5. The van der Waals surface area contributed by atoms with Gasteiger partial charge in [-0.2, -0.15) is 0 Å². The second-order valence-corrected chi connectivity index (χ2v) is 6.13. The van der Waals surface area contributed by atoms with Crippen molar-refractivity contribution in [3.8, 4) is 23.1 Å². The Labute approximate surface area is 159 Å². The highest BCUT2D eigenvalue weighted by Crippen LogP contribution is 2.38. The number of aromatic hydroxyl groups is 1. The zero-order valence-corrected chi connectivity index (χ0v) is 15.0. The van der Waals surface area contributed by atoms with E-state index in [0.29, 0.717) is 5.56 Å². The molecule has 2 aromatic carbocycles. The van der Waals surface area contributed by atoms with Crippen LogP contribution in [0.15, 0.2) is 51.9 Å². The maximum absolute atomic E-state index is 11.2. The summed E-state index contributed by atoms with van der Waals surface area (Å²) in [5.74, 6) is -0.185. The van der Waals surface area contributed by atoms with E-state index in [1.165, 1.54) is 19.2 Å². The zero-order valence-electron chi connectivity index (χ0n) is 15.0. The van der Waals surface area contributed by atoms with Crippen LogP contribution in [0.5, 0.6) is 11.7 Å². The third-order valence-electron chi connectivity index (χ3n) is 4.41. The summed E-state index contributed by atoms with van der Waals surface area (Å²) in [5, 5.41) is 21.4. The van der Waals surface area contributed by atoms with Crippen LogP contribution in [0.3, 0.4) is 0 Å². The van der Waals surface area contributed by atoms with Gasteiger partial charge in [-0.1, -0.05) is 18.2 Å². The van der Waals surface area contributed by atoms with Gasteiger partial charge in [-0.3, -0.25) is 15.1 Å². The monoisotopic (exact) mass is 377 g/mol. The molecule has 0 saturated heterocycles. The van der Waals surface area contributed by atoms with Gasteiger partial charge in [0.15, 0.2) is 5.75 Å². The maximum Gasteiger partial charge on any atom is 0.311 e. The number of fused-ring (bicyclic) bond motifs is 1. The van der Waals surface area contributed by atoms with Gasteiger partial charge in [0.2, 0.25) is 5.89 Å². The molecule has 0 radical (unpaired) electrons. The number of hydrogen-bond acceptors (Lipinski definition) is 7. The van der Waals surface area contributed by atoms with Crippen LogP contribution in [0.4, 0.5) is 11.4 Å². The fraction of sp³-hybridized carbons (Fsp3) is 0.100. The molecule has 0 spiro atoms. The van der Waals surface area contributed by atoms with E-state index in [-0.39, 0.29) is 29.0 Å². The summed E-state index contributed by atoms with van der Waals surface area (Å²) < 4.78 is 10.3. The van der Waals surface area contributed by atoms with Crippen LogP contribution >= 0.6 is 0 Å². The number of nitro benzene ring substituents is 1. The molecule has 4 rings (SSSR count).